The molecule has 3 aromatic rings. The molecule has 5 nitrogen and oxygen atoms in total. The zero-order chi connectivity index (χ0) is 19.1. The molecule has 27 heavy (non-hydrogen) atoms. The van der Waals surface area contributed by atoms with Crippen LogP contribution in [0.1, 0.15) is 52.8 Å². The Bertz CT molecular complexity index is 975. The molecule has 0 aromatic carbocycles. The molecule has 3 N–H and O–H groups in total. The number of fused-ring (bicyclic) bond motifs is 1. The van der Waals surface area contributed by atoms with E-state index >= 15 is 0 Å². The van der Waals surface area contributed by atoms with Crippen molar-refractivity contribution in [1.29, 1.82) is 0 Å². The monoisotopic (exact) mass is 382 g/mol. The molecule has 4 rings (SSSR count). The number of carbonyl (C=O) groups is 1. The number of thiophene rings is 1. The quantitative estimate of drug-likeness (QED) is 0.636. The first kappa shape index (κ1) is 18.2. The van der Waals surface area contributed by atoms with Gasteiger partial charge in [0.2, 0.25) is 0 Å². The first-order valence-electron chi connectivity index (χ1n) is 9.55. The average Bonchev–Trinajstić information content (AvgIpc) is 3.28. The van der Waals surface area contributed by atoms with Crippen LogP contribution in [-0.2, 0) is 0 Å². The van der Waals surface area contributed by atoms with E-state index in [9.17, 15) is 4.79 Å². The van der Waals surface area contributed by atoms with Crippen LogP contribution in [0, 0.1) is 13.8 Å². The maximum absolute atomic E-state index is 12.6. The van der Waals surface area contributed by atoms with Crippen LogP contribution in [0.3, 0.4) is 0 Å². The van der Waals surface area contributed by atoms with Crippen molar-refractivity contribution in [3.05, 3.63) is 40.0 Å². The predicted octanol–water partition coefficient (Wildman–Crippen LogP) is 4.12. The lowest BCUT2D eigenvalue weighted by Gasteiger charge is -2.11. The van der Waals surface area contributed by atoms with Gasteiger partial charge in [0.1, 0.15) is 0 Å². The highest BCUT2D eigenvalue weighted by atomic mass is 32.1. The molecule has 1 saturated heterocycles. The van der Waals surface area contributed by atoms with Gasteiger partial charge in [-0.2, -0.15) is 0 Å². The first-order valence-corrected chi connectivity index (χ1v) is 10.4. The van der Waals surface area contributed by atoms with Crippen LogP contribution in [0.5, 0.6) is 0 Å². The molecule has 0 saturated carbocycles. The molecule has 0 spiro atoms. The van der Waals surface area contributed by atoms with Gasteiger partial charge < -0.3 is 15.6 Å². The normalized spacial score (nSPS) is 17.1. The lowest BCUT2D eigenvalue weighted by molar-refractivity contribution is 0.0944. The topological polar surface area (TPSA) is 69.8 Å². The van der Waals surface area contributed by atoms with E-state index in [-0.39, 0.29) is 11.9 Å². The van der Waals surface area contributed by atoms with Gasteiger partial charge in [0, 0.05) is 29.5 Å². The van der Waals surface area contributed by atoms with Crippen LogP contribution in [0.4, 0.5) is 0 Å². The largest absolute Gasteiger partial charge is 0.354 e. The van der Waals surface area contributed by atoms with E-state index in [1.165, 1.54) is 10.3 Å². The number of aryl methyl sites for hydroxylation is 2. The molecule has 1 aliphatic heterocycles. The Morgan fingerprint density at radius 1 is 1.26 bits per heavy atom. The second-order valence-corrected chi connectivity index (χ2v) is 8.78. The third-order valence-corrected chi connectivity index (χ3v) is 6.24. The molecule has 1 atom stereocenters. The number of rotatable bonds is 4. The highest BCUT2D eigenvalue weighted by Crippen LogP contribution is 2.40. The van der Waals surface area contributed by atoms with Crippen LogP contribution in [-0.4, -0.2) is 35.0 Å². The van der Waals surface area contributed by atoms with Crippen molar-refractivity contribution < 1.29 is 4.79 Å². The molecule has 0 unspecified atom stereocenters. The summed E-state index contributed by atoms with van der Waals surface area (Å²) in [4.78, 5) is 21.5. The van der Waals surface area contributed by atoms with E-state index in [0.29, 0.717) is 5.92 Å². The number of hydrogen-bond acceptors (Lipinski definition) is 4. The van der Waals surface area contributed by atoms with E-state index in [1.54, 1.807) is 11.3 Å². The van der Waals surface area contributed by atoms with E-state index in [0.717, 1.165) is 52.5 Å². The number of aromatic amines is 1. The molecule has 1 fully saturated rings. The zero-order valence-electron chi connectivity index (χ0n) is 16.3. The van der Waals surface area contributed by atoms with Crippen LogP contribution >= 0.6 is 11.3 Å². The number of pyridine rings is 1. The van der Waals surface area contributed by atoms with Gasteiger partial charge in [-0.1, -0.05) is 13.8 Å². The Morgan fingerprint density at radius 2 is 2.00 bits per heavy atom. The summed E-state index contributed by atoms with van der Waals surface area (Å²) < 4.78 is 1.18. The van der Waals surface area contributed by atoms with Crippen LogP contribution in [0.15, 0.2) is 18.2 Å². The Balaban J connectivity index is 1.73. The van der Waals surface area contributed by atoms with Crippen molar-refractivity contribution in [2.75, 3.05) is 13.1 Å². The van der Waals surface area contributed by atoms with Gasteiger partial charge in [0.05, 0.1) is 20.8 Å². The Morgan fingerprint density at radius 3 is 2.63 bits per heavy atom. The summed E-state index contributed by atoms with van der Waals surface area (Å²) >= 11 is 1.59. The van der Waals surface area contributed by atoms with Crippen molar-refractivity contribution >= 4 is 27.5 Å². The minimum absolute atomic E-state index is 0.0326. The van der Waals surface area contributed by atoms with E-state index < -0.39 is 0 Å². The van der Waals surface area contributed by atoms with Gasteiger partial charge in [0.15, 0.2) is 0 Å². The summed E-state index contributed by atoms with van der Waals surface area (Å²) in [6.07, 6.45) is 0.997. The number of aromatic nitrogens is 2. The maximum atomic E-state index is 12.6. The van der Waals surface area contributed by atoms with Gasteiger partial charge in [-0.15, -0.1) is 11.3 Å². The summed E-state index contributed by atoms with van der Waals surface area (Å²) in [6, 6.07) is 6.47. The molecule has 3 aromatic heterocycles. The highest BCUT2D eigenvalue weighted by molar-refractivity contribution is 7.21. The fourth-order valence-corrected chi connectivity index (χ4v) is 5.12. The van der Waals surface area contributed by atoms with Gasteiger partial charge in [-0.3, -0.25) is 9.78 Å². The standard InChI is InChI=1S/C21H26N4OS/c1-11(2)18-19(14-7-12(3)23-13(4)8-14)25-16-9-17(27-20(16)18)21(26)24-15-5-6-22-10-15/h7-9,11,15,22,25H,5-6,10H2,1-4H3,(H,24,26)/t15-/m0/s1. The molecule has 6 heteroatoms. The molecule has 1 amide bonds. The van der Waals surface area contributed by atoms with Crippen molar-refractivity contribution in [3.8, 4) is 11.3 Å². The summed E-state index contributed by atoms with van der Waals surface area (Å²) in [5, 5.41) is 6.43. The summed E-state index contributed by atoms with van der Waals surface area (Å²) in [5.74, 6) is 0.390. The number of amides is 1. The maximum Gasteiger partial charge on any atom is 0.261 e. The number of H-pyrrole nitrogens is 1. The van der Waals surface area contributed by atoms with Crippen molar-refractivity contribution in [2.45, 2.75) is 46.1 Å². The minimum atomic E-state index is 0.0326. The summed E-state index contributed by atoms with van der Waals surface area (Å²) in [5.41, 5.74) is 6.66. The van der Waals surface area contributed by atoms with Crippen LogP contribution in [0.25, 0.3) is 21.5 Å². The SMILES string of the molecule is Cc1cc(-c2[nH]c3cc(C(=O)N[C@H]4CCNC4)sc3c2C(C)C)cc(C)n1. The second kappa shape index (κ2) is 7.09. The lowest BCUT2D eigenvalue weighted by atomic mass is 9.99. The summed E-state index contributed by atoms with van der Waals surface area (Å²) in [6.45, 7) is 10.3. The molecule has 142 valence electrons. The van der Waals surface area contributed by atoms with E-state index in [4.69, 9.17) is 0 Å². The summed E-state index contributed by atoms with van der Waals surface area (Å²) in [7, 11) is 0. The molecule has 0 bridgehead atoms. The third kappa shape index (κ3) is 3.51. The molecule has 0 aliphatic carbocycles. The Kier molecular flexibility index (Phi) is 4.78. The third-order valence-electron chi connectivity index (χ3n) is 5.07. The smallest absolute Gasteiger partial charge is 0.261 e. The van der Waals surface area contributed by atoms with Gasteiger partial charge in [-0.05, 0) is 56.5 Å². The number of carbonyl (C=O) groups excluding carboxylic acids is 1. The molecule has 1 aliphatic rings. The molecular formula is C21H26N4OS. The van der Waals surface area contributed by atoms with Gasteiger partial charge in [0.25, 0.3) is 5.91 Å². The number of nitrogens with one attached hydrogen (secondary N) is 3. The van der Waals surface area contributed by atoms with Gasteiger partial charge >= 0.3 is 0 Å². The fourth-order valence-electron chi connectivity index (χ4n) is 3.90. The molecule has 0 radical (unpaired) electrons. The fraction of sp³-hybridized carbons (Fsp3) is 0.429. The minimum Gasteiger partial charge on any atom is -0.354 e. The van der Waals surface area contributed by atoms with Crippen LogP contribution < -0.4 is 10.6 Å². The molecule has 4 heterocycles. The average molecular weight is 383 g/mol. The zero-order valence-corrected chi connectivity index (χ0v) is 17.1. The molecular weight excluding hydrogens is 356 g/mol. The van der Waals surface area contributed by atoms with Crippen molar-refractivity contribution in [1.82, 2.24) is 20.6 Å². The first-order chi connectivity index (χ1) is 12.9. The van der Waals surface area contributed by atoms with Crippen LogP contribution in [0.2, 0.25) is 0 Å². The Labute approximate surface area is 163 Å². The Hall–Kier alpha value is -2.18. The van der Waals surface area contributed by atoms with Crippen molar-refractivity contribution in [3.63, 3.8) is 0 Å². The second-order valence-electron chi connectivity index (χ2n) is 7.72. The van der Waals surface area contributed by atoms with Crippen molar-refractivity contribution in [2.24, 2.45) is 0 Å². The number of nitrogens with zero attached hydrogens (tertiary/aromatic N) is 1. The number of hydrogen-bond donors (Lipinski definition) is 3. The lowest BCUT2D eigenvalue weighted by Crippen LogP contribution is -2.35. The van der Waals surface area contributed by atoms with E-state index in [1.807, 2.05) is 19.9 Å². The predicted molar refractivity (Wildman–Crippen MR) is 112 cm³/mol. The van der Waals surface area contributed by atoms with E-state index in [2.05, 4.69) is 46.6 Å². The van der Waals surface area contributed by atoms with Gasteiger partial charge in [-0.25, -0.2) is 0 Å². The highest BCUT2D eigenvalue weighted by Gasteiger charge is 2.23.